The van der Waals surface area contributed by atoms with E-state index in [0.717, 1.165) is 26.1 Å². The topological polar surface area (TPSA) is 9.23 Å². The van der Waals surface area contributed by atoms with E-state index < -0.39 is 0 Å². The third-order valence-electron chi connectivity index (χ3n) is 2.43. The molecule has 0 aromatic heterocycles. The molecule has 0 aromatic rings. The highest BCUT2D eigenvalue weighted by molar-refractivity contribution is 6.20. The monoisotopic (exact) mass is 176 g/mol. The van der Waals surface area contributed by atoms with E-state index in [-0.39, 0.29) is 0 Å². The van der Waals surface area contributed by atoms with Crippen LogP contribution in [0.15, 0.2) is 0 Å². The van der Waals surface area contributed by atoms with E-state index in [4.69, 9.17) is 16.3 Å². The van der Waals surface area contributed by atoms with Crippen molar-refractivity contribution in [2.75, 3.05) is 13.2 Å². The number of ether oxygens (including phenoxy) is 1. The van der Waals surface area contributed by atoms with Crippen molar-refractivity contribution >= 4 is 11.6 Å². The quantitative estimate of drug-likeness (QED) is 0.601. The molecule has 11 heavy (non-hydrogen) atoms. The van der Waals surface area contributed by atoms with E-state index in [9.17, 15) is 0 Å². The zero-order valence-electron chi connectivity index (χ0n) is 7.40. The van der Waals surface area contributed by atoms with Crippen molar-refractivity contribution in [3.05, 3.63) is 0 Å². The Morgan fingerprint density at radius 2 is 2.36 bits per heavy atom. The van der Waals surface area contributed by atoms with Crippen LogP contribution in [-0.2, 0) is 4.74 Å². The molecule has 0 heterocycles. The maximum absolute atomic E-state index is 6.02. The lowest BCUT2D eigenvalue weighted by molar-refractivity contribution is 0.0647. The molecule has 1 aliphatic rings. The first kappa shape index (κ1) is 9.34. The first-order valence-electron chi connectivity index (χ1n) is 4.38. The van der Waals surface area contributed by atoms with Crippen molar-refractivity contribution < 1.29 is 4.74 Å². The van der Waals surface area contributed by atoms with Gasteiger partial charge < -0.3 is 4.74 Å². The van der Waals surface area contributed by atoms with Gasteiger partial charge in [-0.2, -0.15) is 0 Å². The number of alkyl halides is 1. The van der Waals surface area contributed by atoms with Crippen LogP contribution in [0.5, 0.6) is 0 Å². The first-order chi connectivity index (χ1) is 5.16. The SMILES string of the molecule is CCOCC1(C)CCC(Cl)C1. The molecule has 2 atom stereocenters. The fourth-order valence-corrected chi connectivity index (χ4v) is 2.21. The maximum atomic E-state index is 6.02. The third kappa shape index (κ3) is 2.64. The number of hydrogen-bond acceptors (Lipinski definition) is 1. The summed E-state index contributed by atoms with van der Waals surface area (Å²) in [5, 5.41) is 0.389. The molecule has 0 radical (unpaired) electrons. The summed E-state index contributed by atoms with van der Waals surface area (Å²) in [6, 6.07) is 0. The molecule has 1 nitrogen and oxygen atoms in total. The molecule has 1 fully saturated rings. The standard InChI is InChI=1S/C9H17ClO/c1-3-11-7-9(2)5-4-8(10)6-9/h8H,3-7H2,1-2H3. The lowest BCUT2D eigenvalue weighted by Crippen LogP contribution is -2.19. The van der Waals surface area contributed by atoms with E-state index in [2.05, 4.69) is 6.92 Å². The Kier molecular flexibility index (Phi) is 3.20. The molecule has 1 aliphatic carbocycles. The minimum atomic E-state index is 0.364. The van der Waals surface area contributed by atoms with Crippen LogP contribution < -0.4 is 0 Å². The summed E-state index contributed by atoms with van der Waals surface area (Å²) in [5.74, 6) is 0. The van der Waals surface area contributed by atoms with Gasteiger partial charge in [-0.25, -0.2) is 0 Å². The molecular formula is C9H17ClO. The number of rotatable bonds is 3. The van der Waals surface area contributed by atoms with Gasteiger partial charge in [0, 0.05) is 12.0 Å². The Morgan fingerprint density at radius 1 is 1.64 bits per heavy atom. The highest BCUT2D eigenvalue weighted by atomic mass is 35.5. The third-order valence-corrected chi connectivity index (χ3v) is 2.80. The molecule has 2 heteroatoms. The largest absolute Gasteiger partial charge is 0.381 e. The zero-order chi connectivity index (χ0) is 8.32. The van der Waals surface area contributed by atoms with Gasteiger partial charge in [0.15, 0.2) is 0 Å². The van der Waals surface area contributed by atoms with E-state index in [1.807, 2.05) is 6.92 Å². The molecule has 0 aromatic carbocycles. The van der Waals surface area contributed by atoms with Gasteiger partial charge in [-0.05, 0) is 31.6 Å². The van der Waals surface area contributed by atoms with Gasteiger partial charge in [0.2, 0.25) is 0 Å². The second kappa shape index (κ2) is 3.77. The summed E-state index contributed by atoms with van der Waals surface area (Å²) in [6.45, 7) is 6.01. The second-order valence-electron chi connectivity index (χ2n) is 3.79. The number of halogens is 1. The highest BCUT2D eigenvalue weighted by Crippen LogP contribution is 2.40. The fraction of sp³-hybridized carbons (Fsp3) is 1.00. The molecule has 0 spiro atoms. The molecule has 0 saturated heterocycles. The van der Waals surface area contributed by atoms with Crippen molar-refractivity contribution in [1.82, 2.24) is 0 Å². The van der Waals surface area contributed by atoms with E-state index in [1.54, 1.807) is 0 Å². The molecule has 66 valence electrons. The van der Waals surface area contributed by atoms with Crippen molar-refractivity contribution in [2.24, 2.45) is 5.41 Å². The van der Waals surface area contributed by atoms with Crippen LogP contribution in [0.2, 0.25) is 0 Å². The van der Waals surface area contributed by atoms with Gasteiger partial charge in [-0.1, -0.05) is 6.92 Å². The Bertz CT molecular complexity index is 127. The van der Waals surface area contributed by atoms with Crippen molar-refractivity contribution in [1.29, 1.82) is 0 Å². The van der Waals surface area contributed by atoms with Gasteiger partial charge in [-0.3, -0.25) is 0 Å². The normalized spacial score (nSPS) is 37.9. The predicted molar refractivity (Wildman–Crippen MR) is 48.1 cm³/mol. The summed E-state index contributed by atoms with van der Waals surface area (Å²) >= 11 is 6.02. The molecule has 0 aliphatic heterocycles. The maximum Gasteiger partial charge on any atom is 0.0520 e. The Balaban J connectivity index is 2.29. The van der Waals surface area contributed by atoms with Crippen molar-refractivity contribution in [3.8, 4) is 0 Å². The van der Waals surface area contributed by atoms with E-state index in [0.29, 0.717) is 10.8 Å². The first-order valence-corrected chi connectivity index (χ1v) is 4.82. The minimum Gasteiger partial charge on any atom is -0.381 e. The van der Waals surface area contributed by atoms with Gasteiger partial charge >= 0.3 is 0 Å². The smallest absolute Gasteiger partial charge is 0.0520 e. The highest BCUT2D eigenvalue weighted by Gasteiger charge is 2.33. The van der Waals surface area contributed by atoms with Gasteiger partial charge in [0.25, 0.3) is 0 Å². The summed E-state index contributed by atoms with van der Waals surface area (Å²) in [6.07, 6.45) is 3.50. The summed E-state index contributed by atoms with van der Waals surface area (Å²) < 4.78 is 5.41. The van der Waals surface area contributed by atoms with E-state index in [1.165, 1.54) is 6.42 Å². The van der Waals surface area contributed by atoms with Gasteiger partial charge in [-0.15, -0.1) is 11.6 Å². The van der Waals surface area contributed by atoms with Crippen LogP contribution in [0.25, 0.3) is 0 Å². The average molecular weight is 177 g/mol. The molecule has 0 amide bonds. The molecule has 0 N–H and O–H groups in total. The van der Waals surface area contributed by atoms with Gasteiger partial charge in [0.05, 0.1) is 6.61 Å². The summed E-state index contributed by atoms with van der Waals surface area (Å²) in [7, 11) is 0. The van der Waals surface area contributed by atoms with Crippen molar-refractivity contribution in [2.45, 2.75) is 38.5 Å². The second-order valence-corrected chi connectivity index (χ2v) is 4.41. The molecule has 2 unspecified atom stereocenters. The average Bonchev–Trinajstić information content (AvgIpc) is 2.28. The van der Waals surface area contributed by atoms with Crippen LogP contribution >= 0.6 is 11.6 Å². The minimum absolute atomic E-state index is 0.364. The number of hydrogen-bond donors (Lipinski definition) is 0. The Hall–Kier alpha value is 0.250. The summed E-state index contributed by atoms with van der Waals surface area (Å²) in [4.78, 5) is 0. The lowest BCUT2D eigenvalue weighted by Gasteiger charge is -2.22. The Labute approximate surface area is 74.1 Å². The van der Waals surface area contributed by atoms with Crippen LogP contribution in [-0.4, -0.2) is 18.6 Å². The predicted octanol–water partition coefficient (Wildman–Crippen LogP) is 2.82. The van der Waals surface area contributed by atoms with Crippen LogP contribution in [0.4, 0.5) is 0 Å². The van der Waals surface area contributed by atoms with Crippen molar-refractivity contribution in [3.63, 3.8) is 0 Å². The molecule has 1 saturated carbocycles. The summed E-state index contributed by atoms with van der Waals surface area (Å²) in [5.41, 5.74) is 0.364. The van der Waals surface area contributed by atoms with E-state index >= 15 is 0 Å². The Morgan fingerprint density at radius 3 is 2.82 bits per heavy atom. The van der Waals surface area contributed by atoms with Crippen LogP contribution in [0.1, 0.15) is 33.1 Å². The van der Waals surface area contributed by atoms with Gasteiger partial charge in [0.1, 0.15) is 0 Å². The lowest BCUT2D eigenvalue weighted by atomic mass is 9.90. The van der Waals surface area contributed by atoms with Crippen LogP contribution in [0.3, 0.4) is 0 Å². The fourth-order valence-electron chi connectivity index (χ4n) is 1.72. The molecule has 0 bridgehead atoms. The molecular weight excluding hydrogens is 160 g/mol. The van der Waals surface area contributed by atoms with Crippen LogP contribution in [0, 0.1) is 5.41 Å². The zero-order valence-corrected chi connectivity index (χ0v) is 8.16. The molecule has 1 rings (SSSR count).